The zero-order valence-electron chi connectivity index (χ0n) is 18.5. The Morgan fingerprint density at radius 2 is 1.39 bits per heavy atom. The lowest BCUT2D eigenvalue weighted by molar-refractivity contribution is -0.123. The van der Waals surface area contributed by atoms with Crippen molar-refractivity contribution in [2.45, 2.75) is 50.3 Å². The zero-order valence-corrected chi connectivity index (χ0v) is 20.1. The molecule has 0 aliphatic carbocycles. The Morgan fingerprint density at radius 3 is 1.94 bits per heavy atom. The maximum absolute atomic E-state index is 12.3. The Labute approximate surface area is 193 Å². The van der Waals surface area contributed by atoms with Crippen LogP contribution in [-0.2, 0) is 9.59 Å². The third-order valence-corrected chi connectivity index (χ3v) is 6.36. The van der Waals surface area contributed by atoms with E-state index >= 15 is 0 Å². The van der Waals surface area contributed by atoms with Gasteiger partial charge < -0.3 is 36.4 Å². The molecule has 10 nitrogen and oxygen atoms in total. The molecule has 0 saturated heterocycles. The molecule has 0 saturated carbocycles. The SMILES string of the molecule is C[C@H](O)CNC(=O)[C@H](CSCCS[C@H](NCCCO)C(=O)NC[C@H](C)O)NCCCO. The van der Waals surface area contributed by atoms with Gasteiger partial charge in [0.1, 0.15) is 5.37 Å². The molecule has 0 unspecified atom stereocenters. The highest BCUT2D eigenvalue weighted by Gasteiger charge is 2.20. The molecule has 0 aliphatic heterocycles. The topological polar surface area (TPSA) is 163 Å². The van der Waals surface area contributed by atoms with E-state index in [-0.39, 0.29) is 38.1 Å². The Kier molecular flexibility index (Phi) is 19.7. The van der Waals surface area contributed by atoms with Crippen molar-refractivity contribution >= 4 is 35.3 Å². The van der Waals surface area contributed by atoms with Crippen LogP contribution in [0, 0.1) is 0 Å². The van der Waals surface area contributed by atoms with E-state index in [1.807, 2.05) is 0 Å². The smallest absolute Gasteiger partial charge is 0.247 e. The lowest BCUT2D eigenvalue weighted by Gasteiger charge is -2.20. The number of aliphatic hydroxyl groups is 4. The maximum atomic E-state index is 12.3. The van der Waals surface area contributed by atoms with Crippen LogP contribution in [0.1, 0.15) is 26.7 Å². The van der Waals surface area contributed by atoms with Gasteiger partial charge in [0.2, 0.25) is 11.8 Å². The van der Waals surface area contributed by atoms with Gasteiger partial charge in [0, 0.05) is 43.6 Å². The minimum absolute atomic E-state index is 0.0390. The molecule has 0 rings (SSSR count). The molecule has 2 amide bonds. The van der Waals surface area contributed by atoms with Gasteiger partial charge in [-0.3, -0.25) is 14.9 Å². The third kappa shape index (κ3) is 17.6. The molecular weight excluding hydrogens is 444 g/mol. The summed E-state index contributed by atoms with van der Waals surface area (Å²) < 4.78 is 0. The first-order valence-electron chi connectivity index (χ1n) is 10.6. The van der Waals surface area contributed by atoms with Crippen LogP contribution in [0.4, 0.5) is 0 Å². The van der Waals surface area contributed by atoms with Gasteiger partial charge in [0.05, 0.1) is 18.2 Å². The summed E-state index contributed by atoms with van der Waals surface area (Å²) in [6.07, 6.45) is -0.166. The maximum Gasteiger partial charge on any atom is 0.247 e. The molecule has 0 aromatic rings. The van der Waals surface area contributed by atoms with Crippen molar-refractivity contribution in [3.63, 3.8) is 0 Å². The van der Waals surface area contributed by atoms with Crippen LogP contribution in [0.2, 0.25) is 0 Å². The van der Waals surface area contributed by atoms with E-state index in [9.17, 15) is 19.8 Å². The fourth-order valence-corrected chi connectivity index (χ4v) is 4.49. The van der Waals surface area contributed by atoms with Crippen molar-refractivity contribution in [3.8, 4) is 0 Å². The van der Waals surface area contributed by atoms with Crippen LogP contribution >= 0.6 is 23.5 Å². The Balaban J connectivity index is 4.45. The second kappa shape index (κ2) is 20.0. The lowest BCUT2D eigenvalue weighted by atomic mass is 10.3. The molecular formula is C19H40N4O6S2. The standard InChI is InChI=1S/C19H40N4O6S2/c1-14(26)11-22-17(28)16(20-5-3-7-24)13-30-9-10-31-19(21-6-4-8-25)18(29)23-12-15(2)27/h14-16,19-21,24-27H,3-13H2,1-2H3,(H,22,28)(H,23,29)/t14-,15-,16-,19-/m0/s1. The highest BCUT2D eigenvalue weighted by molar-refractivity contribution is 8.03. The van der Waals surface area contributed by atoms with Crippen molar-refractivity contribution in [3.05, 3.63) is 0 Å². The minimum atomic E-state index is -0.627. The van der Waals surface area contributed by atoms with Gasteiger partial charge in [-0.2, -0.15) is 11.8 Å². The van der Waals surface area contributed by atoms with E-state index in [4.69, 9.17) is 10.2 Å². The summed E-state index contributed by atoms with van der Waals surface area (Å²) in [5.41, 5.74) is 0. The van der Waals surface area contributed by atoms with E-state index in [1.165, 1.54) is 11.8 Å². The molecule has 8 N–H and O–H groups in total. The van der Waals surface area contributed by atoms with Crippen molar-refractivity contribution < 1.29 is 30.0 Å². The van der Waals surface area contributed by atoms with Crippen molar-refractivity contribution in [1.82, 2.24) is 21.3 Å². The fourth-order valence-electron chi connectivity index (χ4n) is 2.26. The molecule has 31 heavy (non-hydrogen) atoms. The summed E-state index contributed by atoms with van der Waals surface area (Å²) in [5.74, 6) is 1.50. The second-order valence-electron chi connectivity index (χ2n) is 7.13. The molecule has 0 aromatic heterocycles. The fraction of sp³-hybridized carbons (Fsp3) is 0.895. The predicted octanol–water partition coefficient (Wildman–Crippen LogP) is -1.91. The van der Waals surface area contributed by atoms with E-state index in [0.717, 1.165) is 0 Å². The molecule has 0 aromatic carbocycles. The Morgan fingerprint density at radius 1 is 0.839 bits per heavy atom. The molecule has 0 bridgehead atoms. The van der Waals surface area contributed by atoms with Crippen LogP contribution < -0.4 is 21.3 Å². The number of amides is 2. The van der Waals surface area contributed by atoms with Crippen molar-refractivity contribution in [1.29, 1.82) is 0 Å². The Bertz CT molecular complexity index is 435. The van der Waals surface area contributed by atoms with Gasteiger partial charge in [-0.15, -0.1) is 11.8 Å². The zero-order chi connectivity index (χ0) is 23.5. The number of hydrogen-bond donors (Lipinski definition) is 8. The Hall–Kier alpha value is -0.600. The summed E-state index contributed by atoms with van der Waals surface area (Å²) >= 11 is 3.01. The van der Waals surface area contributed by atoms with Crippen molar-refractivity contribution in [2.24, 2.45) is 0 Å². The number of carbonyl (C=O) groups excluding carboxylic acids is 2. The molecule has 4 atom stereocenters. The van der Waals surface area contributed by atoms with Gasteiger partial charge in [0.25, 0.3) is 0 Å². The highest BCUT2D eigenvalue weighted by Crippen LogP contribution is 2.13. The van der Waals surface area contributed by atoms with Crippen LogP contribution in [0.25, 0.3) is 0 Å². The summed E-state index contributed by atoms with van der Waals surface area (Å²) in [4.78, 5) is 24.6. The van der Waals surface area contributed by atoms with Gasteiger partial charge in [-0.1, -0.05) is 0 Å². The predicted molar refractivity (Wildman–Crippen MR) is 126 cm³/mol. The summed E-state index contributed by atoms with van der Waals surface area (Å²) in [7, 11) is 0. The number of aliphatic hydroxyl groups excluding tert-OH is 4. The average Bonchev–Trinajstić information content (AvgIpc) is 2.73. The number of rotatable bonds is 20. The van der Waals surface area contributed by atoms with E-state index in [2.05, 4.69) is 21.3 Å². The van der Waals surface area contributed by atoms with Gasteiger partial charge in [-0.25, -0.2) is 0 Å². The highest BCUT2D eigenvalue weighted by atomic mass is 32.2. The number of carbonyl (C=O) groups is 2. The first-order chi connectivity index (χ1) is 14.8. The summed E-state index contributed by atoms with van der Waals surface area (Å²) in [5, 5.41) is 47.7. The molecule has 0 heterocycles. The van der Waals surface area contributed by atoms with Crippen LogP contribution in [0.3, 0.4) is 0 Å². The number of nitrogens with one attached hydrogen (secondary N) is 4. The second-order valence-corrected chi connectivity index (χ2v) is 9.49. The number of thioether (sulfide) groups is 2. The van der Waals surface area contributed by atoms with Crippen molar-refractivity contribution in [2.75, 3.05) is 56.7 Å². The first kappa shape index (κ1) is 30.4. The van der Waals surface area contributed by atoms with E-state index < -0.39 is 23.6 Å². The third-order valence-electron chi connectivity index (χ3n) is 3.88. The van der Waals surface area contributed by atoms with Gasteiger partial charge in [-0.05, 0) is 39.8 Å². The lowest BCUT2D eigenvalue weighted by Crippen LogP contribution is -2.48. The number of hydrogen-bond acceptors (Lipinski definition) is 10. The summed E-state index contributed by atoms with van der Waals surface area (Å²) in [6, 6.07) is -0.437. The molecule has 0 fully saturated rings. The monoisotopic (exact) mass is 484 g/mol. The van der Waals surface area contributed by atoms with E-state index in [1.54, 1.807) is 25.6 Å². The van der Waals surface area contributed by atoms with Gasteiger partial charge >= 0.3 is 0 Å². The van der Waals surface area contributed by atoms with E-state index in [0.29, 0.717) is 43.2 Å². The first-order valence-corrected chi connectivity index (χ1v) is 12.8. The minimum Gasteiger partial charge on any atom is -0.396 e. The quantitative estimate of drug-likeness (QED) is 0.0722. The normalized spacial score (nSPS) is 15.2. The molecule has 184 valence electrons. The molecule has 0 spiro atoms. The largest absolute Gasteiger partial charge is 0.396 e. The molecule has 0 aliphatic rings. The van der Waals surface area contributed by atoms with Crippen LogP contribution in [0.5, 0.6) is 0 Å². The average molecular weight is 485 g/mol. The molecule has 0 radical (unpaired) electrons. The van der Waals surface area contributed by atoms with Gasteiger partial charge in [0.15, 0.2) is 0 Å². The molecule has 12 heteroatoms. The van der Waals surface area contributed by atoms with Crippen LogP contribution in [-0.4, -0.2) is 113 Å². The summed E-state index contributed by atoms with van der Waals surface area (Å²) in [6.45, 7) is 4.65. The van der Waals surface area contributed by atoms with Crippen LogP contribution in [0.15, 0.2) is 0 Å².